The molecule has 4 rings (SSSR count). The molecule has 0 aliphatic heterocycles. The van der Waals surface area contributed by atoms with Gasteiger partial charge in [0.15, 0.2) is 0 Å². The molecule has 8 heteroatoms. The monoisotopic (exact) mass is 348 g/mol. The average molecular weight is 348 g/mol. The maximum Gasteiger partial charge on any atom is 0.338 e. The Morgan fingerprint density at radius 1 is 0.962 bits per heavy atom. The zero-order valence-corrected chi connectivity index (χ0v) is 13.8. The molecule has 0 aliphatic carbocycles. The summed E-state index contributed by atoms with van der Waals surface area (Å²) >= 11 is 0. The van der Waals surface area contributed by atoms with Gasteiger partial charge in [-0.25, -0.2) is 4.79 Å². The molecule has 0 aliphatic rings. The Hall–Kier alpha value is -3.68. The van der Waals surface area contributed by atoms with E-state index < -0.39 is 0 Å². The second kappa shape index (κ2) is 7.06. The van der Waals surface area contributed by atoms with Crippen molar-refractivity contribution in [1.29, 1.82) is 0 Å². The summed E-state index contributed by atoms with van der Waals surface area (Å²) in [7, 11) is 0. The lowest BCUT2D eigenvalue weighted by Crippen LogP contribution is -2.17. The molecule has 0 spiro atoms. The molecule has 2 aromatic heterocycles. The molecule has 4 aromatic rings. The van der Waals surface area contributed by atoms with E-state index in [1.807, 2.05) is 48.5 Å². The third-order valence-corrected chi connectivity index (χ3v) is 3.84. The van der Waals surface area contributed by atoms with Crippen molar-refractivity contribution in [1.82, 2.24) is 20.2 Å². The number of benzene rings is 2. The molecule has 2 heterocycles. The highest BCUT2D eigenvalue weighted by molar-refractivity contribution is 5.89. The summed E-state index contributed by atoms with van der Waals surface area (Å²) in [5.41, 5.74) is 1.79. The highest BCUT2D eigenvalue weighted by Gasteiger charge is 2.07. The van der Waals surface area contributed by atoms with E-state index in [0.29, 0.717) is 24.6 Å². The molecule has 2 N–H and O–H groups in total. The lowest BCUT2D eigenvalue weighted by molar-refractivity contribution is 0.561. The molecule has 0 atom stereocenters. The van der Waals surface area contributed by atoms with Crippen molar-refractivity contribution in [3.05, 3.63) is 71.1 Å². The predicted octanol–water partition coefficient (Wildman–Crippen LogP) is 2.29. The lowest BCUT2D eigenvalue weighted by Gasteiger charge is -2.10. The van der Waals surface area contributed by atoms with Gasteiger partial charge in [-0.05, 0) is 34.7 Å². The van der Waals surface area contributed by atoms with Gasteiger partial charge in [-0.2, -0.15) is 4.68 Å². The molecular formula is C18H16N6O2. The summed E-state index contributed by atoms with van der Waals surface area (Å²) < 4.78 is 6.82. The summed E-state index contributed by atoms with van der Waals surface area (Å²) in [6, 6.07) is 18.5. The van der Waals surface area contributed by atoms with E-state index in [2.05, 4.69) is 26.2 Å². The molecule has 2 aromatic carbocycles. The zero-order chi connectivity index (χ0) is 17.8. The smallest absolute Gasteiger partial charge is 0.338 e. The van der Waals surface area contributed by atoms with Gasteiger partial charge in [-0.15, -0.1) is 0 Å². The molecule has 130 valence electrons. The number of aromatic nitrogens is 4. The predicted molar refractivity (Wildman–Crippen MR) is 98.6 cm³/mol. The van der Waals surface area contributed by atoms with Crippen LogP contribution in [-0.2, 0) is 0 Å². The first-order valence-corrected chi connectivity index (χ1v) is 8.16. The first kappa shape index (κ1) is 15.8. The topological polar surface area (TPSA) is 97.9 Å². The van der Waals surface area contributed by atoms with Gasteiger partial charge in [0.05, 0.1) is 11.4 Å². The first-order chi connectivity index (χ1) is 12.8. The van der Waals surface area contributed by atoms with Gasteiger partial charge >= 0.3 is 5.63 Å². The maximum atomic E-state index is 11.7. The van der Waals surface area contributed by atoms with Crippen molar-refractivity contribution < 1.29 is 4.42 Å². The Kier molecular flexibility index (Phi) is 4.29. The van der Waals surface area contributed by atoms with Crippen molar-refractivity contribution in [2.24, 2.45) is 0 Å². The molecule has 0 unspecified atom stereocenters. The Balaban J connectivity index is 1.43. The largest absolute Gasteiger partial charge is 0.423 e. The minimum absolute atomic E-state index is 0.382. The van der Waals surface area contributed by atoms with E-state index in [9.17, 15) is 4.79 Å². The number of nitrogens with zero attached hydrogens (tertiary/aromatic N) is 4. The van der Waals surface area contributed by atoms with Crippen LogP contribution in [0, 0.1) is 0 Å². The first-order valence-electron chi connectivity index (χ1n) is 8.16. The molecule has 0 amide bonds. The van der Waals surface area contributed by atoms with Gasteiger partial charge in [-0.1, -0.05) is 35.4 Å². The Morgan fingerprint density at radius 3 is 2.62 bits per heavy atom. The number of tetrazole rings is 1. The highest BCUT2D eigenvalue weighted by Crippen LogP contribution is 2.20. The fourth-order valence-corrected chi connectivity index (χ4v) is 2.67. The molecule has 26 heavy (non-hydrogen) atoms. The second-order valence-corrected chi connectivity index (χ2v) is 5.58. The third-order valence-electron chi connectivity index (χ3n) is 3.84. The van der Waals surface area contributed by atoms with Gasteiger partial charge in [0.1, 0.15) is 5.58 Å². The van der Waals surface area contributed by atoms with Crippen LogP contribution in [0.15, 0.2) is 69.9 Å². The molecule has 0 radical (unpaired) electrons. The normalized spacial score (nSPS) is 10.8. The number of para-hydroxylation sites is 2. The average Bonchev–Trinajstić information content (AvgIpc) is 3.14. The van der Waals surface area contributed by atoms with Crippen LogP contribution in [0.1, 0.15) is 0 Å². The van der Waals surface area contributed by atoms with E-state index in [4.69, 9.17) is 4.42 Å². The van der Waals surface area contributed by atoms with Crippen LogP contribution < -0.4 is 16.3 Å². The minimum atomic E-state index is -0.382. The summed E-state index contributed by atoms with van der Waals surface area (Å²) in [5.74, 6) is 0.551. The summed E-state index contributed by atoms with van der Waals surface area (Å²) in [6.45, 7) is 1.15. The number of fused-ring (bicyclic) bond motifs is 1. The summed E-state index contributed by atoms with van der Waals surface area (Å²) in [4.78, 5) is 11.7. The van der Waals surface area contributed by atoms with Gasteiger partial charge in [0, 0.05) is 24.5 Å². The van der Waals surface area contributed by atoms with Crippen LogP contribution in [0.2, 0.25) is 0 Å². The Morgan fingerprint density at radius 2 is 1.73 bits per heavy atom. The van der Waals surface area contributed by atoms with Crippen molar-refractivity contribution in [3.63, 3.8) is 0 Å². The Bertz CT molecular complexity index is 1070. The van der Waals surface area contributed by atoms with E-state index in [-0.39, 0.29) is 5.63 Å². The van der Waals surface area contributed by atoms with E-state index >= 15 is 0 Å². The fourth-order valence-electron chi connectivity index (χ4n) is 2.67. The van der Waals surface area contributed by atoms with E-state index in [1.54, 1.807) is 10.7 Å². The number of hydrogen-bond donors (Lipinski definition) is 2. The molecule has 0 bridgehead atoms. The number of hydrogen-bond acceptors (Lipinski definition) is 7. The van der Waals surface area contributed by atoms with Crippen LogP contribution in [0.4, 0.5) is 11.6 Å². The molecule has 0 fully saturated rings. The van der Waals surface area contributed by atoms with Crippen LogP contribution in [0.25, 0.3) is 16.7 Å². The van der Waals surface area contributed by atoms with Crippen LogP contribution in [0.3, 0.4) is 0 Å². The molecule has 0 saturated carbocycles. The Labute approximate surface area is 148 Å². The van der Waals surface area contributed by atoms with Gasteiger partial charge in [0.25, 0.3) is 0 Å². The number of rotatable bonds is 6. The number of nitrogens with one attached hydrogen (secondary N) is 2. The van der Waals surface area contributed by atoms with Crippen molar-refractivity contribution in [2.45, 2.75) is 0 Å². The summed E-state index contributed by atoms with van der Waals surface area (Å²) in [5, 5.41) is 19.0. The standard InChI is InChI=1S/C18H16N6O2/c25-17-12-15(14-8-4-5-9-16(14)26-17)19-10-11-20-18-21-22-23-24(18)13-6-2-1-3-7-13/h1-9,12,19H,10-11H2,(H,20,21,23). The number of anilines is 2. The van der Waals surface area contributed by atoms with Gasteiger partial charge in [0.2, 0.25) is 5.95 Å². The molecule has 8 nitrogen and oxygen atoms in total. The second-order valence-electron chi connectivity index (χ2n) is 5.58. The van der Waals surface area contributed by atoms with Gasteiger partial charge in [-0.3, -0.25) is 0 Å². The van der Waals surface area contributed by atoms with Crippen LogP contribution in [0.5, 0.6) is 0 Å². The van der Waals surface area contributed by atoms with Crippen LogP contribution >= 0.6 is 0 Å². The summed E-state index contributed by atoms with van der Waals surface area (Å²) in [6.07, 6.45) is 0. The van der Waals surface area contributed by atoms with Crippen LogP contribution in [-0.4, -0.2) is 33.3 Å². The lowest BCUT2D eigenvalue weighted by atomic mass is 10.2. The highest BCUT2D eigenvalue weighted by atomic mass is 16.4. The fraction of sp³-hybridized carbons (Fsp3) is 0.111. The van der Waals surface area contributed by atoms with E-state index in [1.165, 1.54) is 6.07 Å². The molecular weight excluding hydrogens is 332 g/mol. The maximum absolute atomic E-state index is 11.7. The zero-order valence-electron chi connectivity index (χ0n) is 13.8. The van der Waals surface area contributed by atoms with Gasteiger partial charge < -0.3 is 15.1 Å². The van der Waals surface area contributed by atoms with Crippen molar-refractivity contribution in [2.75, 3.05) is 23.7 Å². The SMILES string of the molecule is O=c1cc(NCCNc2nnnn2-c2ccccc2)c2ccccc2o1. The third kappa shape index (κ3) is 3.25. The van der Waals surface area contributed by atoms with Crippen molar-refractivity contribution >= 4 is 22.6 Å². The minimum Gasteiger partial charge on any atom is -0.423 e. The van der Waals surface area contributed by atoms with E-state index in [0.717, 1.165) is 16.8 Å². The van der Waals surface area contributed by atoms with Crippen molar-refractivity contribution in [3.8, 4) is 5.69 Å². The molecule has 0 saturated heterocycles. The quantitative estimate of drug-likeness (QED) is 0.407.